The van der Waals surface area contributed by atoms with E-state index in [9.17, 15) is 10.1 Å². The van der Waals surface area contributed by atoms with Gasteiger partial charge in [0.25, 0.3) is 5.69 Å². The van der Waals surface area contributed by atoms with E-state index in [4.69, 9.17) is 0 Å². The quantitative estimate of drug-likeness (QED) is 0.328. The normalized spacial score (nSPS) is 10.7. The Kier molecular flexibility index (Phi) is 6.46. The molecule has 0 aliphatic carbocycles. The molecule has 1 aromatic carbocycles. The van der Waals surface area contributed by atoms with Crippen molar-refractivity contribution in [1.29, 1.82) is 0 Å². The number of hydrogen-bond donors (Lipinski definition) is 1. The zero-order chi connectivity index (χ0) is 13.2. The zero-order valence-corrected chi connectivity index (χ0v) is 10.6. The lowest BCUT2D eigenvalue weighted by Gasteiger charge is -1.99. The summed E-state index contributed by atoms with van der Waals surface area (Å²) >= 11 is 0. The highest BCUT2D eigenvalue weighted by Gasteiger charge is 2.02. The van der Waals surface area contributed by atoms with Gasteiger partial charge in [-0.2, -0.15) is 5.10 Å². The molecular formula is C13H19N3O2. The summed E-state index contributed by atoms with van der Waals surface area (Å²) in [6, 6.07) is 6.21. The Balaban J connectivity index is 2.26. The molecule has 0 aliphatic heterocycles. The third-order valence-electron chi connectivity index (χ3n) is 2.55. The number of anilines is 1. The molecule has 1 N–H and O–H groups in total. The van der Waals surface area contributed by atoms with Crippen molar-refractivity contribution in [2.24, 2.45) is 5.10 Å². The molecular weight excluding hydrogens is 230 g/mol. The van der Waals surface area contributed by atoms with Gasteiger partial charge >= 0.3 is 0 Å². The lowest BCUT2D eigenvalue weighted by molar-refractivity contribution is -0.384. The maximum absolute atomic E-state index is 10.5. The lowest BCUT2D eigenvalue weighted by atomic mass is 10.2. The van der Waals surface area contributed by atoms with Crippen LogP contribution in [0.25, 0.3) is 0 Å². The highest BCUT2D eigenvalue weighted by atomic mass is 16.6. The number of hydrogen-bond acceptors (Lipinski definition) is 4. The van der Waals surface area contributed by atoms with Crippen LogP contribution < -0.4 is 5.43 Å². The number of hydrazone groups is 1. The number of nitrogens with zero attached hydrogens (tertiary/aromatic N) is 2. The van der Waals surface area contributed by atoms with E-state index in [2.05, 4.69) is 17.5 Å². The van der Waals surface area contributed by atoms with Gasteiger partial charge in [0.2, 0.25) is 0 Å². The number of nitro benzene ring substituents is 1. The fraction of sp³-hybridized carbons (Fsp3) is 0.462. The van der Waals surface area contributed by atoms with Crippen LogP contribution in [0.2, 0.25) is 0 Å². The summed E-state index contributed by atoms with van der Waals surface area (Å²) in [4.78, 5) is 10.0. The van der Waals surface area contributed by atoms with Gasteiger partial charge in [-0.1, -0.05) is 26.2 Å². The maximum atomic E-state index is 10.5. The SMILES string of the molecule is CCCCCC/C=N\Nc1ccc([N+](=O)[O-])cc1. The summed E-state index contributed by atoms with van der Waals surface area (Å²) in [5.41, 5.74) is 3.69. The van der Waals surface area contributed by atoms with Crippen LogP contribution in [0.4, 0.5) is 11.4 Å². The van der Waals surface area contributed by atoms with Crippen LogP contribution in [0.3, 0.4) is 0 Å². The van der Waals surface area contributed by atoms with Gasteiger partial charge in [0, 0.05) is 18.3 Å². The van der Waals surface area contributed by atoms with E-state index in [1.165, 1.54) is 31.4 Å². The van der Waals surface area contributed by atoms with E-state index in [1.807, 2.05) is 6.21 Å². The summed E-state index contributed by atoms with van der Waals surface area (Å²) < 4.78 is 0. The third kappa shape index (κ3) is 5.43. The predicted octanol–water partition coefficient (Wildman–Crippen LogP) is 3.96. The van der Waals surface area contributed by atoms with Gasteiger partial charge in [-0.3, -0.25) is 15.5 Å². The first-order valence-electron chi connectivity index (χ1n) is 6.26. The lowest BCUT2D eigenvalue weighted by Crippen LogP contribution is -1.91. The smallest absolute Gasteiger partial charge is 0.269 e. The van der Waals surface area contributed by atoms with Gasteiger partial charge in [-0.25, -0.2) is 0 Å². The van der Waals surface area contributed by atoms with Crippen molar-refractivity contribution in [3.63, 3.8) is 0 Å². The molecule has 0 saturated carbocycles. The van der Waals surface area contributed by atoms with Crippen molar-refractivity contribution in [3.8, 4) is 0 Å². The molecule has 0 bridgehead atoms. The average Bonchev–Trinajstić information content (AvgIpc) is 2.38. The van der Waals surface area contributed by atoms with E-state index in [1.54, 1.807) is 12.1 Å². The van der Waals surface area contributed by atoms with Gasteiger partial charge in [-0.05, 0) is 25.0 Å². The van der Waals surface area contributed by atoms with E-state index in [0.29, 0.717) is 0 Å². The van der Waals surface area contributed by atoms with Crippen molar-refractivity contribution in [3.05, 3.63) is 34.4 Å². The topological polar surface area (TPSA) is 67.5 Å². The molecule has 0 radical (unpaired) electrons. The van der Waals surface area contributed by atoms with Crippen LogP contribution in [0.5, 0.6) is 0 Å². The molecule has 98 valence electrons. The summed E-state index contributed by atoms with van der Waals surface area (Å²) in [5.74, 6) is 0. The number of non-ortho nitro benzene ring substituents is 1. The van der Waals surface area contributed by atoms with Crippen molar-refractivity contribution >= 4 is 17.6 Å². The Morgan fingerprint density at radius 1 is 1.28 bits per heavy atom. The van der Waals surface area contributed by atoms with Crippen LogP contribution in [0.15, 0.2) is 29.4 Å². The molecule has 0 aliphatic rings. The number of nitro groups is 1. The largest absolute Gasteiger partial charge is 0.279 e. The second-order valence-corrected chi connectivity index (χ2v) is 4.08. The molecule has 1 rings (SSSR count). The molecule has 5 nitrogen and oxygen atoms in total. The number of unbranched alkanes of at least 4 members (excludes halogenated alkanes) is 4. The first-order chi connectivity index (χ1) is 8.74. The fourth-order valence-electron chi connectivity index (χ4n) is 1.50. The Bertz CT molecular complexity index is 388. The fourth-order valence-corrected chi connectivity index (χ4v) is 1.50. The second kappa shape index (κ2) is 8.22. The number of benzene rings is 1. The van der Waals surface area contributed by atoms with E-state index >= 15 is 0 Å². The molecule has 0 heterocycles. The molecule has 5 heteroatoms. The molecule has 0 saturated heterocycles. The van der Waals surface area contributed by atoms with Crippen LogP contribution in [-0.2, 0) is 0 Å². The predicted molar refractivity (Wildman–Crippen MR) is 74.0 cm³/mol. The highest BCUT2D eigenvalue weighted by Crippen LogP contribution is 2.15. The van der Waals surface area contributed by atoms with E-state index in [0.717, 1.165) is 18.5 Å². The highest BCUT2D eigenvalue weighted by molar-refractivity contribution is 5.59. The molecule has 1 aromatic rings. The maximum Gasteiger partial charge on any atom is 0.269 e. The molecule has 0 amide bonds. The van der Waals surface area contributed by atoms with Crippen molar-refractivity contribution < 1.29 is 4.92 Å². The summed E-state index contributed by atoms with van der Waals surface area (Å²) in [6.07, 6.45) is 7.69. The Morgan fingerprint density at radius 2 is 2.00 bits per heavy atom. The Morgan fingerprint density at radius 3 is 2.61 bits per heavy atom. The van der Waals surface area contributed by atoms with Crippen molar-refractivity contribution in [2.75, 3.05) is 5.43 Å². The molecule has 18 heavy (non-hydrogen) atoms. The summed E-state index contributed by atoms with van der Waals surface area (Å²) in [7, 11) is 0. The summed E-state index contributed by atoms with van der Waals surface area (Å²) in [6.45, 7) is 2.18. The van der Waals surface area contributed by atoms with Crippen LogP contribution in [0, 0.1) is 10.1 Å². The second-order valence-electron chi connectivity index (χ2n) is 4.08. The molecule has 0 unspecified atom stereocenters. The monoisotopic (exact) mass is 249 g/mol. The van der Waals surface area contributed by atoms with E-state index < -0.39 is 4.92 Å². The molecule has 0 atom stereocenters. The minimum absolute atomic E-state index is 0.0871. The van der Waals surface area contributed by atoms with Gasteiger partial charge < -0.3 is 0 Å². The van der Waals surface area contributed by atoms with Crippen LogP contribution in [0.1, 0.15) is 39.0 Å². The molecule has 0 aromatic heterocycles. The average molecular weight is 249 g/mol. The standard InChI is InChI=1S/C13H19N3O2/c1-2-3-4-5-6-11-14-15-12-7-9-13(10-8-12)16(17)18/h7-11,15H,2-6H2,1H3/b14-11-. The Hall–Kier alpha value is -1.91. The van der Waals surface area contributed by atoms with Crippen molar-refractivity contribution in [2.45, 2.75) is 39.0 Å². The van der Waals surface area contributed by atoms with Crippen LogP contribution >= 0.6 is 0 Å². The minimum atomic E-state index is -0.416. The Labute approximate surface area is 107 Å². The minimum Gasteiger partial charge on any atom is -0.279 e. The van der Waals surface area contributed by atoms with E-state index in [-0.39, 0.29) is 5.69 Å². The number of rotatable bonds is 8. The van der Waals surface area contributed by atoms with Gasteiger partial charge in [-0.15, -0.1) is 0 Å². The number of nitrogens with one attached hydrogen (secondary N) is 1. The first kappa shape index (κ1) is 14.2. The van der Waals surface area contributed by atoms with Crippen molar-refractivity contribution in [1.82, 2.24) is 0 Å². The third-order valence-corrected chi connectivity index (χ3v) is 2.55. The summed E-state index contributed by atoms with van der Waals surface area (Å²) in [5, 5.41) is 14.5. The zero-order valence-electron chi connectivity index (χ0n) is 10.6. The molecule has 0 spiro atoms. The molecule has 0 fully saturated rings. The van der Waals surface area contributed by atoms with Crippen LogP contribution in [-0.4, -0.2) is 11.1 Å². The van der Waals surface area contributed by atoms with Gasteiger partial charge in [0.1, 0.15) is 0 Å². The first-order valence-corrected chi connectivity index (χ1v) is 6.26. The van der Waals surface area contributed by atoms with Gasteiger partial charge in [0.05, 0.1) is 10.6 Å². The van der Waals surface area contributed by atoms with Gasteiger partial charge in [0.15, 0.2) is 0 Å².